The highest BCUT2D eigenvalue weighted by Crippen LogP contribution is 2.37. The number of aromatic hydroxyl groups is 1. The van der Waals surface area contributed by atoms with E-state index in [0.717, 1.165) is 6.21 Å². The molecule has 1 aromatic rings. The molecular weight excluding hydrogens is 244 g/mol. The van der Waals surface area contributed by atoms with Crippen LogP contribution in [0.1, 0.15) is 5.56 Å². The molecule has 18 heavy (non-hydrogen) atoms. The summed E-state index contributed by atoms with van der Waals surface area (Å²) >= 11 is 0. The smallest absolute Gasteiger partial charge is 0.332 e. The van der Waals surface area contributed by atoms with Gasteiger partial charge in [0.05, 0.1) is 23.8 Å². The first-order valence-corrected chi connectivity index (χ1v) is 4.60. The Morgan fingerprint density at radius 2 is 2.33 bits per heavy atom. The Morgan fingerprint density at radius 3 is 2.83 bits per heavy atom. The number of nitrogens with one attached hydrogen (secondary N) is 1. The number of amides is 2. The number of hydrogen-bond donors (Lipinski definition) is 3. The summed E-state index contributed by atoms with van der Waals surface area (Å²) in [7, 11) is 1.19. The third-order valence-corrected chi connectivity index (χ3v) is 1.91. The normalized spacial score (nSPS) is 10.3. The van der Waals surface area contributed by atoms with E-state index in [0.29, 0.717) is 0 Å². The lowest BCUT2D eigenvalue weighted by Gasteiger charge is -2.05. The van der Waals surface area contributed by atoms with Crippen molar-refractivity contribution in [3.63, 3.8) is 0 Å². The summed E-state index contributed by atoms with van der Waals surface area (Å²) in [5, 5.41) is 23.7. The lowest BCUT2D eigenvalue weighted by Crippen LogP contribution is -2.24. The van der Waals surface area contributed by atoms with Crippen molar-refractivity contribution in [1.82, 2.24) is 5.43 Å². The zero-order valence-corrected chi connectivity index (χ0v) is 9.28. The number of benzene rings is 1. The molecule has 0 aliphatic rings. The third kappa shape index (κ3) is 2.84. The molecule has 0 heterocycles. The Kier molecular flexibility index (Phi) is 4.02. The summed E-state index contributed by atoms with van der Waals surface area (Å²) in [6, 6.07) is 1.55. The lowest BCUT2D eigenvalue weighted by molar-refractivity contribution is -0.386. The van der Waals surface area contributed by atoms with Gasteiger partial charge in [0.15, 0.2) is 5.75 Å². The van der Waals surface area contributed by atoms with Gasteiger partial charge < -0.3 is 15.6 Å². The SMILES string of the molecule is COc1c(O)ccc(/C=N\NC(N)=O)c1[N+](=O)[O-]. The molecule has 1 rings (SSSR count). The van der Waals surface area contributed by atoms with Gasteiger partial charge in [-0.15, -0.1) is 0 Å². The molecule has 0 saturated heterocycles. The number of carbonyl (C=O) groups is 1. The van der Waals surface area contributed by atoms with E-state index in [1.54, 1.807) is 0 Å². The summed E-state index contributed by atoms with van der Waals surface area (Å²) in [6.07, 6.45) is 1.02. The van der Waals surface area contributed by atoms with Gasteiger partial charge in [0.2, 0.25) is 5.75 Å². The topological polar surface area (TPSA) is 140 Å². The van der Waals surface area contributed by atoms with Crippen molar-refractivity contribution in [1.29, 1.82) is 0 Å². The molecule has 0 aliphatic carbocycles. The molecule has 9 heteroatoms. The van der Waals surface area contributed by atoms with Crippen molar-refractivity contribution in [2.45, 2.75) is 0 Å². The van der Waals surface area contributed by atoms with Crippen LogP contribution in [-0.4, -0.2) is 29.4 Å². The van der Waals surface area contributed by atoms with Crippen LogP contribution in [0.4, 0.5) is 10.5 Å². The monoisotopic (exact) mass is 254 g/mol. The molecule has 0 aromatic heterocycles. The number of rotatable bonds is 4. The fourth-order valence-corrected chi connectivity index (χ4v) is 1.23. The van der Waals surface area contributed by atoms with Gasteiger partial charge >= 0.3 is 11.7 Å². The molecule has 0 fully saturated rings. The molecule has 0 saturated carbocycles. The number of phenols is 1. The summed E-state index contributed by atoms with van der Waals surface area (Å²) in [5.41, 5.74) is 6.25. The van der Waals surface area contributed by atoms with Crippen LogP contribution in [0.5, 0.6) is 11.5 Å². The van der Waals surface area contributed by atoms with Gasteiger partial charge in [-0.3, -0.25) is 10.1 Å². The van der Waals surface area contributed by atoms with Crippen molar-refractivity contribution in [2.75, 3.05) is 7.11 Å². The number of urea groups is 1. The highest BCUT2D eigenvalue weighted by molar-refractivity contribution is 5.89. The summed E-state index contributed by atoms with van der Waals surface area (Å²) in [6.45, 7) is 0. The number of nitrogens with zero attached hydrogens (tertiary/aromatic N) is 2. The molecule has 1 aromatic carbocycles. The molecule has 0 atom stereocenters. The minimum atomic E-state index is -0.903. The van der Waals surface area contributed by atoms with E-state index in [9.17, 15) is 20.0 Å². The van der Waals surface area contributed by atoms with Crippen LogP contribution in [-0.2, 0) is 0 Å². The fraction of sp³-hybridized carbons (Fsp3) is 0.111. The van der Waals surface area contributed by atoms with E-state index in [1.165, 1.54) is 19.2 Å². The van der Waals surface area contributed by atoms with Gasteiger partial charge in [-0.25, -0.2) is 10.2 Å². The van der Waals surface area contributed by atoms with Crippen LogP contribution in [0, 0.1) is 10.1 Å². The maximum absolute atomic E-state index is 10.9. The van der Waals surface area contributed by atoms with Crippen molar-refractivity contribution in [3.8, 4) is 11.5 Å². The highest BCUT2D eigenvalue weighted by Gasteiger charge is 2.23. The molecular formula is C9H10N4O5. The minimum absolute atomic E-state index is 0.0448. The zero-order valence-electron chi connectivity index (χ0n) is 9.28. The Morgan fingerprint density at radius 1 is 1.67 bits per heavy atom. The summed E-state index contributed by atoms with van der Waals surface area (Å²) < 4.78 is 4.74. The molecule has 0 bridgehead atoms. The molecule has 96 valence electrons. The van der Waals surface area contributed by atoms with Crippen molar-refractivity contribution in [2.24, 2.45) is 10.8 Å². The second-order valence-electron chi connectivity index (χ2n) is 3.05. The fourth-order valence-electron chi connectivity index (χ4n) is 1.23. The average Bonchev–Trinajstić information content (AvgIpc) is 2.29. The molecule has 2 amide bonds. The molecule has 0 unspecified atom stereocenters. The summed E-state index contributed by atoms with van der Waals surface area (Å²) in [5.74, 6) is -0.660. The van der Waals surface area contributed by atoms with Crippen molar-refractivity contribution >= 4 is 17.9 Å². The predicted octanol–water partition coefficient (Wildman–Crippen LogP) is 0.311. The van der Waals surface area contributed by atoms with Crippen molar-refractivity contribution in [3.05, 3.63) is 27.8 Å². The quantitative estimate of drug-likeness (QED) is 0.403. The Balaban J connectivity index is 3.23. The zero-order chi connectivity index (χ0) is 13.7. The van der Waals surface area contributed by atoms with Crippen LogP contribution in [0.15, 0.2) is 17.2 Å². The van der Waals surface area contributed by atoms with Gasteiger partial charge in [-0.05, 0) is 12.1 Å². The number of nitrogens with two attached hydrogens (primary N) is 1. The largest absolute Gasteiger partial charge is 0.504 e. The number of carbonyl (C=O) groups excluding carboxylic acids is 1. The first-order valence-electron chi connectivity index (χ1n) is 4.60. The number of hydrazone groups is 1. The van der Waals surface area contributed by atoms with Crippen LogP contribution >= 0.6 is 0 Å². The van der Waals surface area contributed by atoms with Crippen LogP contribution < -0.4 is 15.9 Å². The number of nitro groups is 1. The van der Waals surface area contributed by atoms with Crippen molar-refractivity contribution < 1.29 is 19.6 Å². The highest BCUT2D eigenvalue weighted by atomic mass is 16.6. The number of hydrogen-bond acceptors (Lipinski definition) is 6. The standard InChI is InChI=1S/C9H10N4O5/c1-18-8-6(14)3-2-5(7(8)13(16)17)4-11-12-9(10)15/h2-4,14H,1H3,(H3,10,12,15)/b11-4-. The van der Waals surface area contributed by atoms with E-state index < -0.39 is 16.6 Å². The van der Waals surface area contributed by atoms with Gasteiger partial charge in [0.25, 0.3) is 0 Å². The van der Waals surface area contributed by atoms with Gasteiger partial charge in [0.1, 0.15) is 0 Å². The maximum atomic E-state index is 10.9. The number of methoxy groups -OCH3 is 1. The summed E-state index contributed by atoms with van der Waals surface area (Å²) in [4.78, 5) is 20.5. The number of primary amides is 1. The average molecular weight is 254 g/mol. The van der Waals surface area contributed by atoms with Crippen LogP contribution in [0.2, 0.25) is 0 Å². The second-order valence-corrected chi connectivity index (χ2v) is 3.05. The first-order chi connectivity index (χ1) is 8.47. The second kappa shape index (κ2) is 5.48. The Bertz CT molecular complexity index is 514. The molecule has 0 radical (unpaired) electrons. The first kappa shape index (κ1) is 13.2. The molecule has 0 aliphatic heterocycles. The Labute approximate surface area is 101 Å². The van der Waals surface area contributed by atoms with Crippen LogP contribution in [0.3, 0.4) is 0 Å². The van der Waals surface area contributed by atoms with E-state index in [1.807, 2.05) is 5.43 Å². The van der Waals surface area contributed by atoms with E-state index in [2.05, 4.69) is 5.10 Å². The third-order valence-electron chi connectivity index (χ3n) is 1.91. The number of ether oxygens (including phenoxy) is 1. The van der Waals surface area contributed by atoms with Gasteiger partial charge in [0, 0.05) is 0 Å². The Hall–Kier alpha value is -2.84. The van der Waals surface area contributed by atoms with Gasteiger partial charge in [-0.1, -0.05) is 0 Å². The van der Waals surface area contributed by atoms with E-state index >= 15 is 0 Å². The van der Waals surface area contributed by atoms with Gasteiger partial charge in [-0.2, -0.15) is 5.10 Å². The predicted molar refractivity (Wildman–Crippen MR) is 61.6 cm³/mol. The minimum Gasteiger partial charge on any atom is -0.504 e. The number of nitro benzene ring substituents is 1. The molecule has 4 N–H and O–H groups in total. The van der Waals surface area contributed by atoms with Crippen LogP contribution in [0.25, 0.3) is 0 Å². The number of phenolic OH excluding ortho intramolecular Hbond substituents is 1. The van der Waals surface area contributed by atoms with E-state index in [4.69, 9.17) is 10.5 Å². The van der Waals surface area contributed by atoms with E-state index in [-0.39, 0.29) is 17.1 Å². The molecule has 9 nitrogen and oxygen atoms in total. The lowest BCUT2D eigenvalue weighted by atomic mass is 10.1. The molecule has 0 spiro atoms. The maximum Gasteiger partial charge on any atom is 0.332 e.